The molecule has 1 aromatic heterocycles. The second-order valence-electron chi connectivity index (χ2n) is 4.59. The molecule has 1 unspecified atom stereocenters. The van der Waals surface area contributed by atoms with Gasteiger partial charge < -0.3 is 4.98 Å². The summed E-state index contributed by atoms with van der Waals surface area (Å²) in [7, 11) is -3.66. The second kappa shape index (κ2) is 5.60. The minimum atomic E-state index is -3.66. The zero-order valence-electron chi connectivity index (χ0n) is 11.3. The third-order valence-corrected chi connectivity index (χ3v) is 4.59. The smallest absolute Gasteiger partial charge is 0.247 e. The van der Waals surface area contributed by atoms with Gasteiger partial charge in [0.25, 0.3) is 0 Å². The molecule has 20 heavy (non-hydrogen) atoms. The molecule has 0 radical (unpaired) electrons. The van der Waals surface area contributed by atoms with Crippen LogP contribution in [0.15, 0.2) is 52.3 Å². The second-order valence-corrected chi connectivity index (χ2v) is 6.30. The van der Waals surface area contributed by atoms with E-state index in [1.807, 2.05) is 31.2 Å². The van der Waals surface area contributed by atoms with E-state index in [0.717, 1.165) is 11.1 Å². The minimum absolute atomic E-state index is 0.0394. The highest BCUT2D eigenvalue weighted by Crippen LogP contribution is 2.19. The molecule has 2 rings (SSSR count). The van der Waals surface area contributed by atoms with Crippen molar-refractivity contribution in [3.8, 4) is 0 Å². The Morgan fingerprint density at radius 1 is 1.15 bits per heavy atom. The Morgan fingerprint density at radius 2 is 1.85 bits per heavy atom. The number of sulfonamides is 1. The highest BCUT2D eigenvalue weighted by atomic mass is 32.2. The lowest BCUT2D eigenvalue weighted by Crippen LogP contribution is -2.27. The van der Waals surface area contributed by atoms with E-state index in [-0.39, 0.29) is 16.5 Å². The molecule has 0 bridgehead atoms. The lowest BCUT2D eigenvalue weighted by molar-refractivity contribution is 0.566. The molecule has 0 fully saturated rings. The van der Waals surface area contributed by atoms with Crippen molar-refractivity contribution in [2.45, 2.75) is 24.8 Å². The van der Waals surface area contributed by atoms with Crippen molar-refractivity contribution >= 4 is 10.0 Å². The average molecular weight is 292 g/mol. The Balaban J connectivity index is 2.27. The van der Waals surface area contributed by atoms with E-state index in [0.29, 0.717) is 0 Å². The number of benzene rings is 1. The fourth-order valence-electron chi connectivity index (χ4n) is 2.00. The van der Waals surface area contributed by atoms with Crippen molar-refractivity contribution < 1.29 is 8.42 Å². The summed E-state index contributed by atoms with van der Waals surface area (Å²) in [6, 6.07) is 9.71. The van der Waals surface area contributed by atoms with Crippen LogP contribution in [0.25, 0.3) is 0 Å². The summed E-state index contributed by atoms with van der Waals surface area (Å²) in [4.78, 5) is 13.4. The molecule has 1 aromatic carbocycles. The van der Waals surface area contributed by atoms with Gasteiger partial charge in [0.05, 0.1) is 4.90 Å². The number of hydrogen-bond acceptors (Lipinski definition) is 3. The topological polar surface area (TPSA) is 79.0 Å². The van der Waals surface area contributed by atoms with Gasteiger partial charge >= 0.3 is 0 Å². The number of nitrogens with one attached hydrogen (secondary N) is 2. The van der Waals surface area contributed by atoms with E-state index < -0.39 is 10.0 Å². The third kappa shape index (κ3) is 3.15. The highest BCUT2D eigenvalue weighted by molar-refractivity contribution is 7.89. The zero-order valence-corrected chi connectivity index (χ0v) is 12.1. The Labute approximate surface area is 117 Å². The van der Waals surface area contributed by atoms with Crippen LogP contribution in [0.5, 0.6) is 0 Å². The monoisotopic (exact) mass is 292 g/mol. The lowest BCUT2D eigenvalue weighted by Gasteiger charge is -2.16. The summed E-state index contributed by atoms with van der Waals surface area (Å²) >= 11 is 0. The Morgan fingerprint density at radius 3 is 2.45 bits per heavy atom. The molecule has 1 atom stereocenters. The van der Waals surface area contributed by atoms with E-state index in [1.54, 1.807) is 6.92 Å². The molecule has 5 nitrogen and oxygen atoms in total. The van der Waals surface area contributed by atoms with Crippen molar-refractivity contribution in [3.63, 3.8) is 0 Å². The molecular formula is C14H16N2O3S. The SMILES string of the molecule is Cc1ccccc1C(C)NS(=O)(=O)c1ccc(=O)[nH]c1. The van der Waals surface area contributed by atoms with Gasteiger partial charge in [0, 0.05) is 18.3 Å². The first kappa shape index (κ1) is 14.5. The molecule has 1 heterocycles. The van der Waals surface area contributed by atoms with E-state index in [4.69, 9.17) is 0 Å². The summed E-state index contributed by atoms with van der Waals surface area (Å²) < 4.78 is 27.0. The van der Waals surface area contributed by atoms with Crippen molar-refractivity contribution in [3.05, 3.63) is 64.1 Å². The predicted molar refractivity (Wildman–Crippen MR) is 77.0 cm³/mol. The molecule has 106 valence electrons. The van der Waals surface area contributed by atoms with E-state index in [9.17, 15) is 13.2 Å². The molecule has 6 heteroatoms. The summed E-state index contributed by atoms with van der Waals surface area (Å²) in [5.74, 6) is 0. The number of H-pyrrole nitrogens is 1. The molecule has 0 aliphatic rings. The third-order valence-electron chi connectivity index (χ3n) is 3.05. The molecule has 0 aliphatic heterocycles. The van der Waals surface area contributed by atoms with Crippen LogP contribution in [-0.4, -0.2) is 13.4 Å². The molecule has 0 saturated carbocycles. The zero-order chi connectivity index (χ0) is 14.8. The minimum Gasteiger partial charge on any atom is -0.328 e. The predicted octanol–water partition coefficient (Wildman–Crippen LogP) is 1.72. The molecular weight excluding hydrogens is 276 g/mol. The van der Waals surface area contributed by atoms with Crippen molar-refractivity contribution in [2.24, 2.45) is 0 Å². The number of aryl methyl sites for hydroxylation is 1. The van der Waals surface area contributed by atoms with E-state index >= 15 is 0 Å². The maximum absolute atomic E-state index is 12.2. The molecule has 0 saturated heterocycles. The van der Waals surface area contributed by atoms with Gasteiger partial charge in [0.15, 0.2) is 0 Å². The molecule has 2 aromatic rings. The van der Waals surface area contributed by atoms with E-state index in [1.165, 1.54) is 18.3 Å². The number of aromatic amines is 1. The van der Waals surface area contributed by atoms with Crippen LogP contribution >= 0.6 is 0 Å². The van der Waals surface area contributed by atoms with Crippen LogP contribution in [0.2, 0.25) is 0 Å². The largest absolute Gasteiger partial charge is 0.328 e. The Bertz CT molecular complexity index is 745. The molecule has 0 aliphatic carbocycles. The van der Waals surface area contributed by atoms with Crippen LogP contribution in [0.1, 0.15) is 24.1 Å². The van der Waals surface area contributed by atoms with Gasteiger partial charge in [-0.3, -0.25) is 4.79 Å². The maximum Gasteiger partial charge on any atom is 0.247 e. The van der Waals surface area contributed by atoms with Gasteiger partial charge in [-0.2, -0.15) is 0 Å². The van der Waals surface area contributed by atoms with Crippen molar-refractivity contribution in [1.82, 2.24) is 9.71 Å². The standard InChI is InChI=1S/C14H16N2O3S/c1-10-5-3-4-6-13(10)11(2)16-20(18,19)12-7-8-14(17)15-9-12/h3-9,11,16H,1-2H3,(H,15,17). The average Bonchev–Trinajstić information content (AvgIpc) is 2.39. The fourth-order valence-corrected chi connectivity index (χ4v) is 3.19. The van der Waals surface area contributed by atoms with Gasteiger partial charge in [0.1, 0.15) is 0 Å². The summed E-state index contributed by atoms with van der Waals surface area (Å²) in [5.41, 5.74) is 1.60. The fraction of sp³-hybridized carbons (Fsp3) is 0.214. The summed E-state index contributed by atoms with van der Waals surface area (Å²) in [5, 5.41) is 0. The summed E-state index contributed by atoms with van der Waals surface area (Å²) in [6.07, 6.45) is 1.19. The van der Waals surface area contributed by atoms with Crippen LogP contribution in [-0.2, 0) is 10.0 Å². The van der Waals surface area contributed by atoms with Crippen molar-refractivity contribution in [2.75, 3.05) is 0 Å². The van der Waals surface area contributed by atoms with Crippen LogP contribution in [0, 0.1) is 6.92 Å². The summed E-state index contributed by atoms with van der Waals surface area (Å²) in [6.45, 7) is 3.71. The first-order chi connectivity index (χ1) is 9.40. The van der Waals surface area contributed by atoms with Crippen LogP contribution in [0.3, 0.4) is 0 Å². The first-order valence-corrected chi connectivity index (χ1v) is 7.65. The van der Waals surface area contributed by atoms with Gasteiger partial charge in [-0.15, -0.1) is 0 Å². The molecule has 0 spiro atoms. The molecule has 2 N–H and O–H groups in total. The van der Waals surface area contributed by atoms with Gasteiger partial charge in [0.2, 0.25) is 15.6 Å². The number of aromatic nitrogens is 1. The lowest BCUT2D eigenvalue weighted by atomic mass is 10.0. The maximum atomic E-state index is 12.2. The molecule has 0 amide bonds. The normalized spacial score (nSPS) is 13.1. The van der Waals surface area contributed by atoms with Gasteiger partial charge in [-0.25, -0.2) is 13.1 Å². The van der Waals surface area contributed by atoms with Crippen LogP contribution < -0.4 is 10.3 Å². The highest BCUT2D eigenvalue weighted by Gasteiger charge is 2.19. The van der Waals surface area contributed by atoms with E-state index in [2.05, 4.69) is 9.71 Å². The number of rotatable bonds is 4. The number of hydrogen-bond donors (Lipinski definition) is 2. The van der Waals surface area contributed by atoms with Gasteiger partial charge in [-0.05, 0) is 31.0 Å². The Hall–Kier alpha value is -1.92. The number of pyridine rings is 1. The van der Waals surface area contributed by atoms with Crippen LogP contribution in [0.4, 0.5) is 0 Å². The first-order valence-electron chi connectivity index (χ1n) is 6.17. The Kier molecular flexibility index (Phi) is 4.06. The quantitative estimate of drug-likeness (QED) is 0.900. The van der Waals surface area contributed by atoms with Crippen molar-refractivity contribution in [1.29, 1.82) is 0 Å². The van der Waals surface area contributed by atoms with Gasteiger partial charge in [-0.1, -0.05) is 24.3 Å².